The SMILES string of the molecule is CN=CC1C=CC=C1. The summed E-state index contributed by atoms with van der Waals surface area (Å²) in [5.41, 5.74) is 0. The largest absolute Gasteiger partial charge is 0.300 e. The Balaban J connectivity index is 2.49. The highest BCUT2D eigenvalue weighted by Gasteiger charge is 1.95. The molecule has 0 N–H and O–H groups in total. The molecule has 0 aromatic heterocycles. The second-order valence-corrected chi connectivity index (χ2v) is 1.75. The predicted octanol–water partition coefficient (Wildman–Crippen LogP) is 1.43. The lowest BCUT2D eigenvalue weighted by atomic mass is 10.2. The number of allylic oxidation sites excluding steroid dienone is 4. The Morgan fingerprint density at radius 1 is 1.38 bits per heavy atom. The molecule has 8 heavy (non-hydrogen) atoms. The monoisotopic (exact) mass is 107 g/mol. The van der Waals surface area contributed by atoms with Crippen LogP contribution in [0.15, 0.2) is 29.3 Å². The molecule has 1 aliphatic rings. The second kappa shape index (κ2) is 2.46. The fourth-order valence-electron chi connectivity index (χ4n) is 0.721. The fraction of sp³-hybridized carbons (Fsp3) is 0.286. The van der Waals surface area contributed by atoms with Gasteiger partial charge in [-0.05, 0) is 0 Å². The van der Waals surface area contributed by atoms with E-state index in [1.165, 1.54) is 0 Å². The summed E-state index contributed by atoms with van der Waals surface area (Å²) < 4.78 is 0. The molecule has 0 atom stereocenters. The summed E-state index contributed by atoms with van der Waals surface area (Å²) in [6.07, 6.45) is 10.2. The number of hydrogen-bond acceptors (Lipinski definition) is 1. The fourth-order valence-corrected chi connectivity index (χ4v) is 0.721. The Kier molecular flexibility index (Phi) is 1.62. The van der Waals surface area contributed by atoms with E-state index in [9.17, 15) is 0 Å². The highest BCUT2D eigenvalue weighted by Crippen LogP contribution is 2.04. The molecule has 1 aliphatic carbocycles. The summed E-state index contributed by atoms with van der Waals surface area (Å²) in [6, 6.07) is 0. The minimum atomic E-state index is 0.458. The first-order valence-electron chi connectivity index (χ1n) is 2.71. The third-order valence-corrected chi connectivity index (χ3v) is 1.10. The molecule has 0 aliphatic heterocycles. The first-order valence-corrected chi connectivity index (χ1v) is 2.71. The summed E-state index contributed by atoms with van der Waals surface area (Å²) in [6.45, 7) is 0. The van der Waals surface area contributed by atoms with Crippen LogP contribution in [0.5, 0.6) is 0 Å². The van der Waals surface area contributed by atoms with E-state index in [4.69, 9.17) is 0 Å². The normalized spacial score (nSPS) is 19.1. The van der Waals surface area contributed by atoms with Gasteiger partial charge in [0.15, 0.2) is 0 Å². The van der Waals surface area contributed by atoms with Gasteiger partial charge in [-0.25, -0.2) is 0 Å². The minimum Gasteiger partial charge on any atom is -0.300 e. The van der Waals surface area contributed by atoms with Crippen LogP contribution in [0.2, 0.25) is 0 Å². The van der Waals surface area contributed by atoms with Gasteiger partial charge in [0.05, 0.1) is 0 Å². The van der Waals surface area contributed by atoms with Crippen molar-refractivity contribution in [2.24, 2.45) is 10.9 Å². The quantitative estimate of drug-likeness (QED) is 0.449. The third-order valence-electron chi connectivity index (χ3n) is 1.10. The Morgan fingerprint density at radius 2 is 2.00 bits per heavy atom. The van der Waals surface area contributed by atoms with Crippen LogP contribution in [0.25, 0.3) is 0 Å². The van der Waals surface area contributed by atoms with Gasteiger partial charge in [0.2, 0.25) is 0 Å². The van der Waals surface area contributed by atoms with Crippen LogP contribution >= 0.6 is 0 Å². The molecule has 0 aromatic carbocycles. The zero-order valence-electron chi connectivity index (χ0n) is 4.91. The van der Waals surface area contributed by atoms with E-state index in [0.717, 1.165) is 0 Å². The van der Waals surface area contributed by atoms with Crippen LogP contribution in [-0.4, -0.2) is 13.3 Å². The zero-order chi connectivity index (χ0) is 5.82. The summed E-state index contributed by atoms with van der Waals surface area (Å²) in [5.74, 6) is 0.458. The van der Waals surface area contributed by atoms with Gasteiger partial charge in [-0.15, -0.1) is 0 Å². The predicted molar refractivity (Wildman–Crippen MR) is 36.2 cm³/mol. The van der Waals surface area contributed by atoms with Gasteiger partial charge in [0, 0.05) is 19.2 Å². The van der Waals surface area contributed by atoms with Gasteiger partial charge in [0.1, 0.15) is 0 Å². The molecule has 0 spiro atoms. The van der Waals surface area contributed by atoms with Crippen LogP contribution in [0.4, 0.5) is 0 Å². The first kappa shape index (κ1) is 5.29. The van der Waals surface area contributed by atoms with Crippen molar-refractivity contribution in [1.82, 2.24) is 0 Å². The average Bonchev–Trinajstić information content (AvgIpc) is 2.19. The van der Waals surface area contributed by atoms with Crippen LogP contribution < -0.4 is 0 Å². The summed E-state index contributed by atoms with van der Waals surface area (Å²) in [5, 5.41) is 0. The van der Waals surface area contributed by atoms with E-state index in [0.29, 0.717) is 5.92 Å². The molecule has 0 heterocycles. The molecule has 1 heteroatoms. The molecular formula is C7H9N. The number of hydrogen-bond donors (Lipinski definition) is 0. The van der Waals surface area contributed by atoms with Crippen molar-refractivity contribution in [2.45, 2.75) is 0 Å². The maximum atomic E-state index is 3.89. The third kappa shape index (κ3) is 1.06. The van der Waals surface area contributed by atoms with Crippen LogP contribution in [0, 0.1) is 5.92 Å². The number of aliphatic imine (C=N–C) groups is 1. The van der Waals surface area contributed by atoms with Crippen molar-refractivity contribution >= 4 is 6.21 Å². The number of rotatable bonds is 1. The Labute approximate surface area is 49.4 Å². The molecule has 0 saturated heterocycles. The molecule has 1 nitrogen and oxygen atoms in total. The molecule has 0 bridgehead atoms. The Bertz CT molecular complexity index is 130. The highest BCUT2D eigenvalue weighted by molar-refractivity contribution is 5.67. The van der Waals surface area contributed by atoms with E-state index < -0.39 is 0 Å². The van der Waals surface area contributed by atoms with Crippen molar-refractivity contribution < 1.29 is 0 Å². The second-order valence-electron chi connectivity index (χ2n) is 1.75. The van der Waals surface area contributed by atoms with Crippen LogP contribution in [-0.2, 0) is 0 Å². The molecule has 1 rings (SSSR count). The van der Waals surface area contributed by atoms with Crippen molar-refractivity contribution in [3.05, 3.63) is 24.3 Å². The summed E-state index contributed by atoms with van der Waals surface area (Å²) in [4.78, 5) is 3.89. The molecule has 0 fully saturated rings. The van der Waals surface area contributed by atoms with Crippen LogP contribution in [0.3, 0.4) is 0 Å². The average molecular weight is 107 g/mol. The topological polar surface area (TPSA) is 12.4 Å². The number of nitrogens with zero attached hydrogens (tertiary/aromatic N) is 1. The molecule has 0 radical (unpaired) electrons. The standard InChI is InChI=1S/C7H9N/c1-8-6-7-4-2-3-5-7/h2-7H,1H3. The maximum absolute atomic E-state index is 3.89. The highest BCUT2D eigenvalue weighted by atomic mass is 14.6. The van der Waals surface area contributed by atoms with Crippen molar-refractivity contribution in [3.63, 3.8) is 0 Å². The molecule has 0 amide bonds. The summed E-state index contributed by atoms with van der Waals surface area (Å²) in [7, 11) is 1.79. The molecule has 0 aromatic rings. The van der Waals surface area contributed by atoms with Gasteiger partial charge in [-0.1, -0.05) is 24.3 Å². The van der Waals surface area contributed by atoms with E-state index in [1.54, 1.807) is 7.05 Å². The van der Waals surface area contributed by atoms with Crippen molar-refractivity contribution in [1.29, 1.82) is 0 Å². The molecule has 0 unspecified atom stereocenters. The van der Waals surface area contributed by atoms with E-state index in [1.807, 2.05) is 18.4 Å². The lowest BCUT2D eigenvalue weighted by Crippen LogP contribution is -1.87. The van der Waals surface area contributed by atoms with Gasteiger partial charge >= 0.3 is 0 Å². The molecule has 42 valence electrons. The van der Waals surface area contributed by atoms with E-state index in [-0.39, 0.29) is 0 Å². The van der Waals surface area contributed by atoms with Gasteiger partial charge in [0.25, 0.3) is 0 Å². The van der Waals surface area contributed by atoms with Crippen LogP contribution in [0.1, 0.15) is 0 Å². The van der Waals surface area contributed by atoms with Crippen molar-refractivity contribution in [2.75, 3.05) is 7.05 Å². The molecular weight excluding hydrogens is 98.1 g/mol. The van der Waals surface area contributed by atoms with E-state index >= 15 is 0 Å². The maximum Gasteiger partial charge on any atom is 0.0304 e. The Hall–Kier alpha value is -0.850. The van der Waals surface area contributed by atoms with Gasteiger partial charge in [-0.2, -0.15) is 0 Å². The first-order chi connectivity index (χ1) is 3.93. The smallest absolute Gasteiger partial charge is 0.0304 e. The van der Waals surface area contributed by atoms with E-state index in [2.05, 4.69) is 17.1 Å². The van der Waals surface area contributed by atoms with Crippen molar-refractivity contribution in [3.8, 4) is 0 Å². The Morgan fingerprint density at radius 3 is 2.50 bits per heavy atom. The summed E-state index contributed by atoms with van der Waals surface area (Å²) >= 11 is 0. The van der Waals surface area contributed by atoms with Gasteiger partial charge in [-0.3, -0.25) is 4.99 Å². The minimum absolute atomic E-state index is 0.458. The molecule has 0 saturated carbocycles. The van der Waals surface area contributed by atoms with Gasteiger partial charge < -0.3 is 0 Å². The lowest BCUT2D eigenvalue weighted by molar-refractivity contribution is 1.18. The lowest BCUT2D eigenvalue weighted by Gasteiger charge is -1.89. The zero-order valence-corrected chi connectivity index (χ0v) is 4.91.